The van der Waals surface area contributed by atoms with Gasteiger partial charge in [-0.2, -0.15) is 92.2 Å². The van der Waals surface area contributed by atoms with E-state index in [0.29, 0.717) is 4.94 Å². The number of halogens is 22. The van der Waals surface area contributed by atoms with Crippen LogP contribution in [0.15, 0.2) is 0 Å². The summed E-state index contributed by atoms with van der Waals surface area (Å²) in [5.41, 5.74) is 0. The molecule has 0 aliphatic carbocycles. The third kappa shape index (κ3) is 3.62. The molecule has 0 aliphatic heterocycles. The first-order valence-corrected chi connectivity index (χ1v) is 6.58. The van der Waals surface area contributed by atoms with E-state index in [1.165, 1.54) is 0 Å². The highest BCUT2D eigenvalue weighted by Crippen LogP contribution is 2.66. The van der Waals surface area contributed by atoms with Crippen molar-refractivity contribution in [3.05, 3.63) is 0 Å². The largest absolute Gasteiger partial charge is 0.460 e. The number of alkyl halides is 21. The van der Waals surface area contributed by atoms with Crippen LogP contribution in [0.4, 0.5) is 96.7 Å². The third-order valence-electron chi connectivity index (χ3n) is 3.60. The lowest BCUT2D eigenvalue weighted by atomic mass is 9.87. The summed E-state index contributed by atoms with van der Waals surface area (Å²) in [6.07, 6.45) is -16.0. The minimum absolute atomic E-state index is 0.709. The van der Waals surface area contributed by atoms with Crippen molar-refractivity contribution in [1.29, 1.82) is 0 Å². The van der Waals surface area contributed by atoms with Crippen molar-refractivity contribution in [3.8, 4) is 0 Å². The number of hydrogen-bond acceptors (Lipinski definition) is 1. The molecule has 1 atom stereocenters. The molecule has 1 unspecified atom stereocenters. The second kappa shape index (κ2) is 7.46. The number of hydrogen-bond donors (Lipinski definition) is 0. The average Bonchev–Trinajstić information content (AvgIpc) is 2.57. The van der Waals surface area contributed by atoms with Crippen molar-refractivity contribution in [1.82, 2.24) is 0 Å². The summed E-state index contributed by atoms with van der Waals surface area (Å²) in [7, 11) is 0. The Balaban J connectivity index is 7.09. The van der Waals surface area contributed by atoms with E-state index in [-0.39, 0.29) is 0 Å². The first-order valence-electron chi connectivity index (χ1n) is 6.58. The van der Waals surface area contributed by atoms with Gasteiger partial charge >= 0.3 is 59.7 Å². The quantitative estimate of drug-likeness (QED) is 0.291. The first-order chi connectivity index (χ1) is 13.8. The van der Waals surface area contributed by atoms with Crippen LogP contribution in [0.5, 0.6) is 0 Å². The molecule has 0 saturated carbocycles. The molecule has 0 radical (unpaired) electrons. The van der Waals surface area contributed by atoms with Gasteiger partial charge in [-0.05, 0) is 4.53 Å². The molecule has 0 bridgehead atoms. The van der Waals surface area contributed by atoms with E-state index in [9.17, 15) is 96.7 Å². The van der Waals surface area contributed by atoms with Crippen molar-refractivity contribution in [3.63, 3.8) is 0 Å². The van der Waals surface area contributed by atoms with Gasteiger partial charge in [0.1, 0.15) is 0 Å². The van der Waals surface area contributed by atoms with E-state index in [1.54, 1.807) is 0 Å². The molecule has 0 N–H and O–H groups in total. The molecule has 1 nitrogen and oxygen atoms in total. The number of rotatable bonds is 8. The van der Waals surface area contributed by atoms with Gasteiger partial charge in [0.2, 0.25) is 0 Å². The van der Waals surface area contributed by atoms with Gasteiger partial charge in [-0.15, -0.1) is 4.94 Å². The summed E-state index contributed by atoms with van der Waals surface area (Å²) in [6, 6.07) is 0. The highest BCUT2D eigenvalue weighted by molar-refractivity contribution is 5.17. The first kappa shape index (κ1) is 31.4. The van der Waals surface area contributed by atoms with Crippen molar-refractivity contribution in [2.24, 2.45) is 0 Å². The minimum Gasteiger partial charge on any atom is -0.192 e. The van der Waals surface area contributed by atoms with Crippen LogP contribution < -0.4 is 0 Å². The topological polar surface area (TPSA) is 9.23 Å². The Labute approximate surface area is 163 Å². The van der Waals surface area contributed by atoms with Crippen LogP contribution in [-0.4, -0.2) is 59.7 Å². The molecule has 0 aromatic rings. The Kier molecular flexibility index (Phi) is 7.10. The zero-order valence-corrected chi connectivity index (χ0v) is 13.7. The van der Waals surface area contributed by atoms with Crippen molar-refractivity contribution in [2.45, 2.75) is 59.7 Å². The molecule has 200 valence electrons. The molecule has 0 amide bonds. The molecule has 0 saturated heterocycles. The van der Waals surface area contributed by atoms with Gasteiger partial charge in [0.25, 0.3) is 0 Å². The summed E-state index contributed by atoms with van der Waals surface area (Å²) < 4.78 is 278. The van der Waals surface area contributed by atoms with Crippen LogP contribution in [0.3, 0.4) is 0 Å². The van der Waals surface area contributed by atoms with Gasteiger partial charge in [-0.3, -0.25) is 0 Å². The van der Waals surface area contributed by atoms with E-state index in [1.807, 2.05) is 0 Å². The second-order valence-corrected chi connectivity index (χ2v) is 5.69. The lowest BCUT2D eigenvalue weighted by Gasteiger charge is -2.44. The van der Waals surface area contributed by atoms with E-state index in [0.717, 1.165) is 0 Å². The molecule has 0 aromatic carbocycles. The monoisotopic (exact) mass is 554 g/mol. The zero-order chi connectivity index (χ0) is 27.7. The SMILES string of the molecule is FOC(F)(C(F)(F)F)C(F)(F)C(F)(F)C(F)(F)C(F)(F)C(F)(F)C(F)(F)C(F)(F)C(F)(F)F. The molecular weight excluding hydrogens is 554 g/mol. The predicted molar refractivity (Wildman–Crippen MR) is 52.8 cm³/mol. The molecule has 0 aromatic heterocycles. The molecule has 0 aliphatic rings. The smallest absolute Gasteiger partial charge is 0.192 e. The Bertz CT molecular complexity index is 712. The maximum absolute atomic E-state index is 13.2. The van der Waals surface area contributed by atoms with Crippen LogP contribution in [0.1, 0.15) is 0 Å². The normalized spacial score (nSPS) is 18.4. The Hall–Kier alpha value is -1.58. The van der Waals surface area contributed by atoms with Crippen LogP contribution in [0.2, 0.25) is 0 Å². The lowest BCUT2D eigenvalue weighted by molar-refractivity contribution is -0.510. The third-order valence-corrected chi connectivity index (χ3v) is 3.60. The Morgan fingerprint density at radius 2 is 0.485 bits per heavy atom. The van der Waals surface area contributed by atoms with Gasteiger partial charge in [0.15, 0.2) is 0 Å². The molecule has 0 heterocycles. The highest BCUT2D eigenvalue weighted by Gasteiger charge is 2.98. The maximum atomic E-state index is 13.2. The van der Waals surface area contributed by atoms with E-state index < -0.39 is 59.7 Å². The van der Waals surface area contributed by atoms with Crippen LogP contribution in [0, 0.1) is 0 Å². The summed E-state index contributed by atoms with van der Waals surface area (Å²) in [5.74, 6) is -71.1. The van der Waals surface area contributed by atoms with Gasteiger partial charge in [0, 0.05) is 0 Å². The fourth-order valence-corrected chi connectivity index (χ4v) is 1.64. The van der Waals surface area contributed by atoms with Gasteiger partial charge in [-0.25, -0.2) is 0 Å². The summed E-state index contributed by atoms with van der Waals surface area (Å²) in [6.45, 7) is 0. The molecule has 0 rings (SSSR count). The molecule has 33 heavy (non-hydrogen) atoms. The second-order valence-electron chi connectivity index (χ2n) is 5.69. The average molecular weight is 554 g/mol. The van der Waals surface area contributed by atoms with Crippen molar-refractivity contribution >= 4 is 0 Å². The standard InChI is InChI=1S/C10F22O/c11-1(12,3(15,16)5(19,20)7(23,24)9(26,27)28)2(13,14)4(17,18)6(21,22)8(25,33-32)10(29,30)31. The molecule has 23 heteroatoms. The van der Waals surface area contributed by atoms with E-state index >= 15 is 0 Å². The fourth-order valence-electron chi connectivity index (χ4n) is 1.64. The zero-order valence-electron chi connectivity index (χ0n) is 13.7. The minimum atomic E-state index is -9.26. The van der Waals surface area contributed by atoms with Crippen LogP contribution >= 0.6 is 0 Å². The van der Waals surface area contributed by atoms with Gasteiger partial charge in [0.05, 0.1) is 0 Å². The summed E-state index contributed by atoms with van der Waals surface area (Å²) in [5, 5.41) is 0. The van der Waals surface area contributed by atoms with Crippen LogP contribution in [-0.2, 0) is 4.94 Å². The van der Waals surface area contributed by atoms with Gasteiger partial charge < -0.3 is 0 Å². The summed E-state index contributed by atoms with van der Waals surface area (Å²) >= 11 is 0. The molecule has 0 spiro atoms. The lowest BCUT2D eigenvalue weighted by Crippen LogP contribution is -2.77. The van der Waals surface area contributed by atoms with E-state index in [2.05, 4.69) is 0 Å². The summed E-state index contributed by atoms with van der Waals surface area (Å²) in [4.78, 5) is 0.709. The fraction of sp³-hybridized carbons (Fsp3) is 1.00. The van der Waals surface area contributed by atoms with Crippen molar-refractivity contribution < 1.29 is 102 Å². The maximum Gasteiger partial charge on any atom is 0.460 e. The van der Waals surface area contributed by atoms with Gasteiger partial charge in [-0.1, -0.05) is 0 Å². The Morgan fingerprint density at radius 3 is 0.667 bits per heavy atom. The van der Waals surface area contributed by atoms with Crippen molar-refractivity contribution in [2.75, 3.05) is 0 Å². The molecule has 0 fully saturated rings. The van der Waals surface area contributed by atoms with E-state index in [4.69, 9.17) is 0 Å². The molecular formula is C10F22O. The van der Waals surface area contributed by atoms with Crippen LogP contribution in [0.25, 0.3) is 0 Å². The highest BCUT2D eigenvalue weighted by atomic mass is 19.4. The predicted octanol–water partition coefficient (Wildman–Crippen LogP) is 7.13. The Morgan fingerprint density at radius 1 is 0.273 bits per heavy atom.